The predicted octanol–water partition coefficient (Wildman–Crippen LogP) is 4.76. The highest BCUT2D eigenvalue weighted by Crippen LogP contribution is 2.20. The number of nitrogens with one attached hydrogen (secondary N) is 2. The maximum atomic E-state index is 5.31. The lowest BCUT2D eigenvalue weighted by Crippen LogP contribution is -2.38. The molecule has 2 N–H and O–H groups in total. The lowest BCUT2D eigenvalue weighted by Gasteiger charge is -2.18. The molecule has 4 rings (SSSR count). The van der Waals surface area contributed by atoms with Gasteiger partial charge in [0.05, 0.1) is 6.04 Å². The topological polar surface area (TPSA) is 88.2 Å². The van der Waals surface area contributed by atoms with Crippen molar-refractivity contribution in [1.82, 2.24) is 25.8 Å². The SMILES string of the molecule is CCNC(=NCCc1noc(-c2ccccn2)n1)NC(C)c1ccc2ccccc2c1.I. The Morgan fingerprint density at radius 2 is 1.88 bits per heavy atom. The molecule has 2 heterocycles. The number of halogens is 1. The van der Waals surface area contributed by atoms with E-state index in [9.17, 15) is 0 Å². The normalized spacial score (nSPS) is 12.2. The van der Waals surface area contributed by atoms with Crippen LogP contribution < -0.4 is 10.6 Å². The number of rotatable bonds is 7. The van der Waals surface area contributed by atoms with Gasteiger partial charge in [-0.2, -0.15) is 4.98 Å². The molecule has 166 valence electrons. The summed E-state index contributed by atoms with van der Waals surface area (Å²) in [7, 11) is 0. The molecule has 0 aliphatic carbocycles. The third-order valence-corrected chi connectivity index (χ3v) is 4.93. The van der Waals surface area contributed by atoms with E-state index in [2.05, 4.69) is 87.1 Å². The van der Waals surface area contributed by atoms with Crippen molar-refractivity contribution in [1.29, 1.82) is 0 Å². The zero-order chi connectivity index (χ0) is 21.5. The van der Waals surface area contributed by atoms with E-state index in [1.165, 1.54) is 16.3 Å². The molecule has 7 nitrogen and oxygen atoms in total. The van der Waals surface area contributed by atoms with Crippen LogP contribution in [-0.4, -0.2) is 34.2 Å². The van der Waals surface area contributed by atoms with Crippen molar-refractivity contribution in [2.75, 3.05) is 13.1 Å². The third-order valence-electron chi connectivity index (χ3n) is 4.93. The highest BCUT2D eigenvalue weighted by atomic mass is 127. The first kappa shape index (κ1) is 23.6. The summed E-state index contributed by atoms with van der Waals surface area (Å²) in [5.41, 5.74) is 1.88. The number of pyridine rings is 1. The fraction of sp³-hybridized carbons (Fsp3) is 0.250. The van der Waals surface area contributed by atoms with Gasteiger partial charge < -0.3 is 15.2 Å². The molecule has 4 aromatic rings. The monoisotopic (exact) mass is 542 g/mol. The third kappa shape index (κ3) is 6.03. The van der Waals surface area contributed by atoms with Crippen LogP contribution in [0.3, 0.4) is 0 Å². The fourth-order valence-electron chi connectivity index (χ4n) is 3.30. The molecule has 0 aliphatic rings. The first-order valence-corrected chi connectivity index (χ1v) is 10.5. The van der Waals surface area contributed by atoms with Crippen molar-refractivity contribution in [3.8, 4) is 11.6 Å². The Labute approximate surface area is 204 Å². The molecule has 0 bridgehead atoms. The zero-order valence-corrected chi connectivity index (χ0v) is 20.5. The summed E-state index contributed by atoms with van der Waals surface area (Å²) >= 11 is 0. The van der Waals surface area contributed by atoms with Crippen LogP contribution in [0, 0.1) is 0 Å². The van der Waals surface area contributed by atoms with Crippen molar-refractivity contribution in [2.24, 2.45) is 4.99 Å². The number of hydrogen-bond acceptors (Lipinski definition) is 5. The van der Waals surface area contributed by atoms with E-state index in [1.807, 2.05) is 18.2 Å². The van der Waals surface area contributed by atoms with Crippen LogP contribution in [-0.2, 0) is 6.42 Å². The Hall–Kier alpha value is -3.01. The van der Waals surface area contributed by atoms with Crippen LogP contribution in [0.4, 0.5) is 0 Å². The number of nitrogens with zero attached hydrogens (tertiary/aromatic N) is 4. The van der Waals surface area contributed by atoms with Gasteiger partial charge in [-0.05, 0) is 48.4 Å². The minimum absolute atomic E-state index is 0. The number of aliphatic imine (C=N–C) groups is 1. The smallest absolute Gasteiger partial charge is 0.276 e. The zero-order valence-electron chi connectivity index (χ0n) is 18.2. The lowest BCUT2D eigenvalue weighted by molar-refractivity contribution is 0.421. The summed E-state index contributed by atoms with van der Waals surface area (Å²) in [5.74, 6) is 1.80. The lowest BCUT2D eigenvalue weighted by atomic mass is 10.0. The average Bonchev–Trinajstić information content (AvgIpc) is 3.28. The van der Waals surface area contributed by atoms with Gasteiger partial charge in [0.15, 0.2) is 11.8 Å². The van der Waals surface area contributed by atoms with E-state index in [0.29, 0.717) is 30.4 Å². The second-order valence-electron chi connectivity index (χ2n) is 7.21. The van der Waals surface area contributed by atoms with E-state index < -0.39 is 0 Å². The van der Waals surface area contributed by atoms with E-state index in [-0.39, 0.29) is 30.0 Å². The number of hydrogen-bond donors (Lipinski definition) is 2. The second-order valence-corrected chi connectivity index (χ2v) is 7.21. The standard InChI is InChI=1S/C24H26N6O.HI/c1-3-25-24(28-17(2)19-12-11-18-8-4-5-9-20(18)16-19)27-15-13-22-29-23(31-30-22)21-10-6-7-14-26-21;/h4-12,14,16-17H,3,13,15H2,1-2H3,(H2,25,27,28);1H. The van der Waals surface area contributed by atoms with Gasteiger partial charge in [0, 0.05) is 25.7 Å². The number of aromatic nitrogens is 3. The first-order valence-electron chi connectivity index (χ1n) is 10.5. The van der Waals surface area contributed by atoms with Gasteiger partial charge in [0.25, 0.3) is 5.89 Å². The van der Waals surface area contributed by atoms with Gasteiger partial charge in [-0.15, -0.1) is 24.0 Å². The fourth-order valence-corrected chi connectivity index (χ4v) is 3.30. The largest absolute Gasteiger partial charge is 0.357 e. The Bertz CT molecular complexity index is 1160. The minimum Gasteiger partial charge on any atom is -0.357 e. The van der Waals surface area contributed by atoms with Gasteiger partial charge >= 0.3 is 0 Å². The second kappa shape index (κ2) is 11.6. The van der Waals surface area contributed by atoms with Crippen LogP contribution in [0.1, 0.15) is 31.3 Å². The molecule has 2 aromatic heterocycles. The Balaban J connectivity index is 0.00000289. The predicted molar refractivity (Wildman–Crippen MR) is 138 cm³/mol. The van der Waals surface area contributed by atoms with Crippen LogP contribution in [0.5, 0.6) is 0 Å². The van der Waals surface area contributed by atoms with Crippen molar-refractivity contribution < 1.29 is 4.52 Å². The summed E-state index contributed by atoms with van der Waals surface area (Å²) in [6, 6.07) is 20.6. The summed E-state index contributed by atoms with van der Waals surface area (Å²) < 4.78 is 5.31. The van der Waals surface area contributed by atoms with Crippen molar-refractivity contribution in [2.45, 2.75) is 26.3 Å². The van der Waals surface area contributed by atoms with E-state index in [4.69, 9.17) is 4.52 Å². The summed E-state index contributed by atoms with van der Waals surface area (Å²) in [6.45, 7) is 5.51. The molecular weight excluding hydrogens is 515 g/mol. The molecule has 1 atom stereocenters. The molecule has 0 amide bonds. The van der Waals surface area contributed by atoms with Gasteiger partial charge in [0.1, 0.15) is 5.69 Å². The Morgan fingerprint density at radius 1 is 1.06 bits per heavy atom. The molecule has 0 radical (unpaired) electrons. The maximum absolute atomic E-state index is 5.31. The van der Waals surface area contributed by atoms with E-state index in [0.717, 1.165) is 12.5 Å². The summed E-state index contributed by atoms with van der Waals surface area (Å²) in [6.07, 6.45) is 2.28. The maximum Gasteiger partial charge on any atom is 0.276 e. The van der Waals surface area contributed by atoms with Crippen LogP contribution >= 0.6 is 24.0 Å². The van der Waals surface area contributed by atoms with Crippen LogP contribution in [0.25, 0.3) is 22.4 Å². The molecule has 32 heavy (non-hydrogen) atoms. The summed E-state index contributed by atoms with van der Waals surface area (Å²) in [5, 5.41) is 13.3. The molecule has 8 heteroatoms. The number of fused-ring (bicyclic) bond motifs is 1. The molecule has 0 fully saturated rings. The van der Waals surface area contributed by atoms with E-state index in [1.54, 1.807) is 6.20 Å². The van der Waals surface area contributed by atoms with Gasteiger partial charge in [0.2, 0.25) is 0 Å². The molecule has 0 aliphatic heterocycles. The van der Waals surface area contributed by atoms with Crippen molar-refractivity contribution in [3.63, 3.8) is 0 Å². The number of guanidine groups is 1. The summed E-state index contributed by atoms with van der Waals surface area (Å²) in [4.78, 5) is 13.3. The minimum atomic E-state index is 0. The highest BCUT2D eigenvalue weighted by Gasteiger charge is 2.11. The van der Waals surface area contributed by atoms with Crippen molar-refractivity contribution >= 4 is 40.7 Å². The first-order chi connectivity index (χ1) is 15.2. The van der Waals surface area contributed by atoms with Gasteiger partial charge in [-0.25, -0.2) is 0 Å². The molecular formula is C24H27IN6O. The molecule has 0 spiro atoms. The quantitative estimate of drug-likeness (QED) is 0.199. The molecule has 0 saturated carbocycles. The van der Waals surface area contributed by atoms with Crippen LogP contribution in [0.15, 0.2) is 76.4 Å². The number of benzene rings is 2. The molecule has 2 aromatic carbocycles. The molecule has 1 unspecified atom stereocenters. The average molecular weight is 542 g/mol. The van der Waals surface area contributed by atoms with Gasteiger partial charge in [-0.3, -0.25) is 9.98 Å². The molecule has 0 saturated heterocycles. The van der Waals surface area contributed by atoms with E-state index >= 15 is 0 Å². The Morgan fingerprint density at radius 3 is 2.66 bits per heavy atom. The Kier molecular flexibility index (Phi) is 8.55. The highest BCUT2D eigenvalue weighted by molar-refractivity contribution is 14.0. The van der Waals surface area contributed by atoms with Crippen LogP contribution in [0.2, 0.25) is 0 Å². The van der Waals surface area contributed by atoms with Crippen molar-refractivity contribution in [3.05, 3.63) is 78.2 Å². The van der Waals surface area contributed by atoms with Gasteiger partial charge in [-0.1, -0.05) is 47.6 Å².